The van der Waals surface area contributed by atoms with E-state index in [1.165, 1.54) is 0 Å². The highest BCUT2D eigenvalue weighted by Crippen LogP contribution is 2.10. The van der Waals surface area contributed by atoms with Gasteiger partial charge in [-0.2, -0.15) is 0 Å². The van der Waals surface area contributed by atoms with Crippen molar-refractivity contribution in [2.75, 3.05) is 39.9 Å². The van der Waals surface area contributed by atoms with Crippen molar-refractivity contribution in [2.24, 2.45) is 0 Å². The van der Waals surface area contributed by atoms with Crippen molar-refractivity contribution in [1.29, 1.82) is 0 Å². The van der Waals surface area contributed by atoms with E-state index in [4.69, 9.17) is 20.1 Å². The van der Waals surface area contributed by atoms with E-state index in [0.717, 1.165) is 36.3 Å². The highest BCUT2D eigenvalue weighted by atomic mass is 16.9. The number of hydrogen-bond donors (Lipinski definition) is 1. The number of rotatable bonds is 3. The molecule has 7 heteroatoms. The Morgan fingerprint density at radius 2 is 1.85 bits per heavy atom. The van der Waals surface area contributed by atoms with Gasteiger partial charge in [0.1, 0.15) is 19.6 Å². The van der Waals surface area contributed by atoms with Crippen LogP contribution in [-0.2, 0) is 4.74 Å². The molecule has 1 aliphatic rings. The van der Waals surface area contributed by atoms with Gasteiger partial charge in [-0.3, -0.25) is 4.79 Å². The van der Waals surface area contributed by atoms with Crippen molar-refractivity contribution >= 4 is 5.78 Å². The first kappa shape index (κ1) is 16.1. The third kappa shape index (κ3) is 5.77. The number of carbonyl (C=O) groups is 1. The topological polar surface area (TPSA) is 89.7 Å². The number of likely N-dealkylation sites (N-methyl/N-ethyl adjacent to an activating group) is 1. The third-order valence-electron chi connectivity index (χ3n) is 3.17. The smallest absolute Gasteiger partial charge is 0.291 e. The molecule has 20 heavy (non-hydrogen) atoms. The number of Topliss-reactive ketones (excluding diaryl/α,β-unsaturated/α-hetero) is 1. The highest BCUT2D eigenvalue weighted by molar-refractivity contribution is 5.96. The maximum atomic E-state index is 12.1. The average Bonchev–Trinajstić information content (AvgIpc) is 2.39. The molecule has 1 saturated heterocycles. The molecule has 1 fully saturated rings. The van der Waals surface area contributed by atoms with Crippen LogP contribution >= 0.6 is 0 Å². The van der Waals surface area contributed by atoms with E-state index in [1.807, 2.05) is 30.3 Å². The number of hydrogen-bond acceptors (Lipinski definition) is 4. The van der Waals surface area contributed by atoms with Gasteiger partial charge in [-0.1, -0.05) is 30.3 Å². The van der Waals surface area contributed by atoms with Crippen molar-refractivity contribution in [2.45, 2.75) is 0 Å². The minimum Gasteiger partial charge on any atom is -0.370 e. The van der Waals surface area contributed by atoms with Crippen LogP contribution in [0.25, 0.3) is 0 Å². The van der Waals surface area contributed by atoms with Crippen LogP contribution in [0, 0.1) is 10.1 Å². The quantitative estimate of drug-likeness (QED) is 0.387. The fraction of sp³-hybridized carbons (Fsp3) is 0.462. The van der Waals surface area contributed by atoms with Crippen LogP contribution in [0.3, 0.4) is 0 Å². The summed E-state index contributed by atoms with van der Waals surface area (Å²) in [4.78, 5) is 20.4. The maximum Gasteiger partial charge on any atom is 0.291 e. The molecule has 0 radical (unpaired) electrons. The summed E-state index contributed by atoms with van der Waals surface area (Å²) in [5.41, 5.74) is 0.813. The Labute approximate surface area is 117 Å². The molecule has 0 spiro atoms. The molecule has 0 unspecified atom stereocenters. The summed E-state index contributed by atoms with van der Waals surface area (Å²) in [6.45, 7) is 3.96. The van der Waals surface area contributed by atoms with Crippen molar-refractivity contribution < 1.29 is 24.3 Å². The van der Waals surface area contributed by atoms with Crippen LogP contribution in [0.15, 0.2) is 30.3 Å². The molecule has 0 aliphatic carbocycles. The van der Waals surface area contributed by atoms with Gasteiger partial charge < -0.3 is 14.4 Å². The lowest BCUT2D eigenvalue weighted by Gasteiger charge is -2.36. The summed E-state index contributed by atoms with van der Waals surface area (Å²) in [5.74, 6) is 0.227. The fourth-order valence-electron chi connectivity index (χ4n) is 2.00. The first-order valence-corrected chi connectivity index (χ1v) is 6.26. The zero-order valence-corrected chi connectivity index (χ0v) is 11.4. The molecule has 0 saturated carbocycles. The number of quaternary nitrogens is 1. The van der Waals surface area contributed by atoms with E-state index in [9.17, 15) is 4.79 Å². The molecule has 1 aromatic rings. The number of carbonyl (C=O) groups excluding carboxylic acids is 1. The second-order valence-electron chi connectivity index (χ2n) is 4.86. The Kier molecular flexibility index (Phi) is 6.08. The van der Waals surface area contributed by atoms with Gasteiger partial charge in [0.2, 0.25) is 5.78 Å². The molecule has 7 nitrogen and oxygen atoms in total. The Hall–Kier alpha value is -1.99. The number of nitrogens with zero attached hydrogens (tertiary/aromatic N) is 2. The molecular formula is C13H19N2O5+. The van der Waals surface area contributed by atoms with E-state index >= 15 is 0 Å². The number of ketones is 1. The van der Waals surface area contributed by atoms with Gasteiger partial charge in [0, 0.05) is 5.56 Å². The summed E-state index contributed by atoms with van der Waals surface area (Å²) in [6, 6.07) is 9.52. The maximum absolute atomic E-state index is 12.1. The molecule has 1 aromatic carbocycles. The van der Waals surface area contributed by atoms with Gasteiger partial charge in [-0.05, 0) is 0 Å². The van der Waals surface area contributed by atoms with Crippen LogP contribution in [0.1, 0.15) is 10.4 Å². The fourth-order valence-corrected chi connectivity index (χ4v) is 2.00. The van der Waals surface area contributed by atoms with Crippen LogP contribution in [0.5, 0.6) is 0 Å². The Bertz CT molecular complexity index is 439. The van der Waals surface area contributed by atoms with Gasteiger partial charge in [-0.25, -0.2) is 0 Å². The van der Waals surface area contributed by atoms with Crippen molar-refractivity contribution in [3.63, 3.8) is 0 Å². The second-order valence-corrected chi connectivity index (χ2v) is 4.86. The van der Waals surface area contributed by atoms with Crippen LogP contribution in [0.4, 0.5) is 0 Å². The van der Waals surface area contributed by atoms with Gasteiger partial charge in [0.05, 0.1) is 20.3 Å². The normalized spacial score (nSPS) is 16.6. The molecule has 110 valence electrons. The molecule has 0 aromatic heterocycles. The zero-order chi connectivity index (χ0) is 15.0. The van der Waals surface area contributed by atoms with Crippen LogP contribution in [-0.4, -0.2) is 60.5 Å². The minimum absolute atomic E-state index is 0.227. The van der Waals surface area contributed by atoms with Gasteiger partial charge in [-0.15, -0.1) is 10.1 Å². The molecular weight excluding hydrogens is 264 g/mol. The summed E-state index contributed by atoms with van der Waals surface area (Å²) < 4.78 is 6.12. The monoisotopic (exact) mass is 283 g/mol. The van der Waals surface area contributed by atoms with E-state index < -0.39 is 5.09 Å². The minimum atomic E-state index is -1.50. The lowest BCUT2D eigenvalue weighted by atomic mass is 10.1. The molecule has 1 N–H and O–H groups in total. The van der Waals surface area contributed by atoms with Gasteiger partial charge in [0.15, 0.2) is 0 Å². The van der Waals surface area contributed by atoms with Crippen molar-refractivity contribution in [1.82, 2.24) is 0 Å². The van der Waals surface area contributed by atoms with E-state index in [0.29, 0.717) is 6.54 Å². The first-order chi connectivity index (χ1) is 9.43. The summed E-state index contributed by atoms with van der Waals surface area (Å²) in [6.07, 6.45) is 0. The first-order valence-electron chi connectivity index (χ1n) is 6.26. The predicted octanol–water partition coefficient (Wildman–Crippen LogP) is 0.998. The largest absolute Gasteiger partial charge is 0.370 e. The Morgan fingerprint density at radius 3 is 2.35 bits per heavy atom. The standard InChI is InChI=1S/C13H18NO2.HNO3/c1-14(7-9-16-10-8-14)11-13(15)12-5-3-2-4-6-12;2-1(3)4/h2-6H,7-11H2,1H3;(H,2,3,4)/q+1;. The number of benzene rings is 1. The van der Waals surface area contributed by atoms with Gasteiger partial charge in [0.25, 0.3) is 5.09 Å². The summed E-state index contributed by atoms with van der Waals surface area (Å²) >= 11 is 0. The Balaban J connectivity index is 0.000000444. The van der Waals surface area contributed by atoms with E-state index in [2.05, 4.69) is 7.05 Å². The zero-order valence-electron chi connectivity index (χ0n) is 11.4. The van der Waals surface area contributed by atoms with E-state index in [1.54, 1.807) is 0 Å². The molecule has 2 rings (SSSR count). The van der Waals surface area contributed by atoms with Crippen LogP contribution < -0.4 is 0 Å². The average molecular weight is 283 g/mol. The SMILES string of the molecule is C[N+]1(CC(=O)c2ccccc2)CCOCC1.O=[N+]([O-])O. The molecule has 0 amide bonds. The lowest BCUT2D eigenvalue weighted by molar-refractivity contribution is -0.908. The number of morpholine rings is 1. The van der Waals surface area contributed by atoms with Crippen LogP contribution in [0.2, 0.25) is 0 Å². The summed E-state index contributed by atoms with van der Waals surface area (Å²) in [5, 5.41) is 13.6. The predicted molar refractivity (Wildman–Crippen MR) is 71.2 cm³/mol. The van der Waals surface area contributed by atoms with Gasteiger partial charge >= 0.3 is 0 Å². The van der Waals surface area contributed by atoms with Crippen molar-refractivity contribution in [3.8, 4) is 0 Å². The van der Waals surface area contributed by atoms with E-state index in [-0.39, 0.29) is 5.78 Å². The number of ether oxygens (including phenoxy) is 1. The second kappa shape index (κ2) is 7.56. The molecule has 1 heterocycles. The summed E-state index contributed by atoms with van der Waals surface area (Å²) in [7, 11) is 2.13. The third-order valence-corrected chi connectivity index (χ3v) is 3.17. The highest BCUT2D eigenvalue weighted by Gasteiger charge is 2.28. The molecule has 0 bridgehead atoms. The lowest BCUT2D eigenvalue weighted by Crippen LogP contribution is -2.54. The molecule has 1 aliphatic heterocycles. The van der Waals surface area contributed by atoms with Crippen molar-refractivity contribution in [3.05, 3.63) is 46.0 Å². The molecule has 0 atom stereocenters. The Morgan fingerprint density at radius 1 is 1.35 bits per heavy atom.